The molecule has 1 aromatic carbocycles. The Labute approximate surface area is 220 Å². The monoisotopic (exact) mass is 517 g/mol. The summed E-state index contributed by atoms with van der Waals surface area (Å²) < 4.78 is 16.4. The lowest BCUT2D eigenvalue weighted by Gasteiger charge is -2.31. The largest absolute Gasteiger partial charge is 0.402 e. The topological polar surface area (TPSA) is 164 Å². The molecule has 0 saturated heterocycles. The molecule has 0 unspecified atom stereocenters. The number of carbonyl (C=O) groups excluding carboxylic acids is 2. The Morgan fingerprint density at radius 3 is 2.22 bits per heavy atom. The first-order valence-electron chi connectivity index (χ1n) is 12.8. The van der Waals surface area contributed by atoms with Crippen molar-refractivity contribution in [2.45, 2.75) is 46.5 Å². The van der Waals surface area contributed by atoms with Crippen LogP contribution in [0.2, 0.25) is 0 Å². The van der Waals surface area contributed by atoms with Crippen molar-refractivity contribution in [3.8, 4) is 0 Å². The Morgan fingerprint density at radius 2 is 1.62 bits per heavy atom. The van der Waals surface area contributed by atoms with Crippen LogP contribution in [-0.4, -0.2) is 70.1 Å². The van der Waals surface area contributed by atoms with Crippen LogP contribution in [-0.2, 0) is 19.0 Å². The summed E-state index contributed by atoms with van der Waals surface area (Å²) in [5, 5.41) is 3.26. The van der Waals surface area contributed by atoms with Crippen LogP contribution in [0.1, 0.15) is 56.8 Å². The van der Waals surface area contributed by atoms with Gasteiger partial charge < -0.3 is 36.7 Å². The molecule has 37 heavy (non-hydrogen) atoms. The first kappa shape index (κ1) is 30.4. The Bertz CT molecular complexity index is 970. The normalized spacial score (nSPS) is 17.7. The molecule has 1 fully saturated rings. The molecule has 10 nitrogen and oxygen atoms in total. The van der Waals surface area contributed by atoms with Gasteiger partial charge in [0, 0.05) is 37.6 Å². The number of aliphatic imine (C=N–C) groups is 1. The Hall–Kier alpha value is -2.79. The van der Waals surface area contributed by atoms with E-state index in [-0.39, 0.29) is 11.2 Å². The summed E-state index contributed by atoms with van der Waals surface area (Å²) in [6.07, 6.45) is 2.63. The molecule has 0 aromatic heterocycles. The van der Waals surface area contributed by atoms with Gasteiger partial charge in [-0.05, 0) is 56.3 Å². The van der Waals surface area contributed by atoms with Crippen LogP contribution >= 0.6 is 0 Å². The van der Waals surface area contributed by atoms with Gasteiger partial charge in [-0.3, -0.25) is 14.6 Å². The summed E-state index contributed by atoms with van der Waals surface area (Å²) >= 11 is 0. The molecule has 0 spiro atoms. The van der Waals surface area contributed by atoms with E-state index in [1.54, 1.807) is 25.1 Å². The zero-order valence-corrected chi connectivity index (χ0v) is 22.4. The van der Waals surface area contributed by atoms with E-state index in [4.69, 9.17) is 36.4 Å². The van der Waals surface area contributed by atoms with Crippen molar-refractivity contribution >= 4 is 28.8 Å². The minimum Gasteiger partial charge on any atom is -0.402 e. The van der Waals surface area contributed by atoms with Crippen LogP contribution < -0.4 is 22.5 Å². The molecule has 0 heterocycles. The molecular weight excluding hydrogens is 474 g/mol. The molecule has 10 heteroatoms. The third-order valence-corrected chi connectivity index (χ3v) is 5.80. The molecule has 2 rings (SSSR count). The fourth-order valence-corrected chi connectivity index (χ4v) is 4.07. The van der Waals surface area contributed by atoms with Crippen molar-refractivity contribution in [2.24, 2.45) is 27.6 Å². The highest BCUT2D eigenvalue weighted by Crippen LogP contribution is 2.36. The Kier molecular flexibility index (Phi) is 12.7. The zero-order valence-electron chi connectivity index (χ0n) is 22.4. The lowest BCUT2D eigenvalue weighted by molar-refractivity contribution is -0.117. The number of primary amides is 1. The van der Waals surface area contributed by atoms with Gasteiger partial charge in [-0.1, -0.05) is 13.8 Å². The minimum atomic E-state index is -0.533. The van der Waals surface area contributed by atoms with Crippen molar-refractivity contribution in [3.05, 3.63) is 35.0 Å². The quantitative estimate of drug-likeness (QED) is 0.192. The fourth-order valence-electron chi connectivity index (χ4n) is 4.07. The third-order valence-electron chi connectivity index (χ3n) is 5.80. The number of nitrogens with zero attached hydrogens (tertiary/aromatic N) is 1. The van der Waals surface area contributed by atoms with Crippen molar-refractivity contribution in [1.29, 1.82) is 0 Å². The number of Topliss-reactive ketones (excluding diaryl/α,β-unsaturated/α-hetero) is 1. The molecule has 1 amide bonds. The van der Waals surface area contributed by atoms with E-state index in [0.717, 1.165) is 12.8 Å². The van der Waals surface area contributed by atoms with Gasteiger partial charge in [0.25, 0.3) is 5.91 Å². The van der Waals surface area contributed by atoms with Gasteiger partial charge in [0.2, 0.25) is 0 Å². The van der Waals surface area contributed by atoms with Gasteiger partial charge in [0.1, 0.15) is 0 Å². The lowest BCUT2D eigenvalue weighted by atomic mass is 9.73. The van der Waals surface area contributed by atoms with Gasteiger partial charge in [-0.25, -0.2) is 0 Å². The lowest BCUT2D eigenvalue weighted by Crippen LogP contribution is -2.33. The van der Waals surface area contributed by atoms with Crippen LogP contribution in [0, 0.1) is 5.41 Å². The maximum Gasteiger partial charge on any atom is 0.250 e. The highest BCUT2D eigenvalue weighted by molar-refractivity contribution is 6.25. The number of ether oxygens (including phenoxy) is 3. The number of benzene rings is 1. The average Bonchev–Trinajstić information content (AvgIpc) is 2.80. The van der Waals surface area contributed by atoms with E-state index in [1.165, 1.54) is 0 Å². The molecule has 0 atom stereocenters. The van der Waals surface area contributed by atoms with Crippen LogP contribution in [0.4, 0.5) is 11.4 Å². The van der Waals surface area contributed by atoms with Gasteiger partial charge >= 0.3 is 0 Å². The predicted molar refractivity (Wildman–Crippen MR) is 146 cm³/mol. The van der Waals surface area contributed by atoms with Gasteiger partial charge in [-0.2, -0.15) is 0 Å². The molecule has 1 aliphatic rings. The van der Waals surface area contributed by atoms with Gasteiger partial charge in [-0.15, -0.1) is 0 Å². The summed E-state index contributed by atoms with van der Waals surface area (Å²) in [4.78, 5) is 29.4. The Balaban J connectivity index is 1.89. The standard InChI is InChI=1S/C27H43N5O5/c1-19(29)25-23(17-27(2,3)18-24(25)33)32-20-6-7-21(26(30)34)22(16-20)31-9-5-11-36-13-15-37-14-12-35-10-4-8-28/h6-7,16,31H,4-5,8-15,17-18,28-29H2,1-3H3,(H2,30,34). The van der Waals surface area contributed by atoms with E-state index < -0.39 is 5.91 Å². The van der Waals surface area contributed by atoms with Crippen molar-refractivity contribution in [2.75, 3.05) is 58.0 Å². The van der Waals surface area contributed by atoms with Crippen molar-refractivity contribution < 1.29 is 23.8 Å². The minimum absolute atomic E-state index is 0.00310. The van der Waals surface area contributed by atoms with E-state index in [9.17, 15) is 9.59 Å². The van der Waals surface area contributed by atoms with Crippen molar-refractivity contribution in [3.63, 3.8) is 0 Å². The number of nitrogens with one attached hydrogen (secondary N) is 1. The van der Waals surface area contributed by atoms with Gasteiger partial charge in [0.15, 0.2) is 5.78 Å². The number of anilines is 1. The molecule has 1 aliphatic carbocycles. The average molecular weight is 518 g/mol. The Morgan fingerprint density at radius 1 is 1.00 bits per heavy atom. The summed E-state index contributed by atoms with van der Waals surface area (Å²) in [6.45, 7) is 10.3. The number of carbonyl (C=O) groups is 2. The van der Waals surface area contributed by atoms with Crippen LogP contribution in [0.15, 0.2) is 34.5 Å². The van der Waals surface area contributed by atoms with E-state index in [2.05, 4.69) is 5.32 Å². The molecular formula is C27H43N5O5. The summed E-state index contributed by atoms with van der Waals surface area (Å²) in [6, 6.07) is 5.14. The number of hydrogen-bond donors (Lipinski definition) is 4. The molecule has 7 N–H and O–H groups in total. The molecule has 0 bridgehead atoms. The molecule has 1 aromatic rings. The smallest absolute Gasteiger partial charge is 0.250 e. The maximum absolute atomic E-state index is 12.7. The predicted octanol–water partition coefficient (Wildman–Crippen LogP) is 2.68. The number of allylic oxidation sites excluding steroid dienone is 2. The highest BCUT2D eigenvalue weighted by Gasteiger charge is 2.35. The number of nitrogens with two attached hydrogens (primary N) is 3. The second-order valence-electron chi connectivity index (χ2n) is 9.91. The van der Waals surface area contributed by atoms with Crippen LogP contribution in [0.3, 0.4) is 0 Å². The fraction of sp³-hybridized carbons (Fsp3) is 0.593. The molecule has 1 saturated carbocycles. The second-order valence-corrected chi connectivity index (χ2v) is 9.91. The first-order valence-corrected chi connectivity index (χ1v) is 12.8. The third kappa shape index (κ3) is 10.6. The number of amides is 1. The highest BCUT2D eigenvalue weighted by atomic mass is 16.5. The summed E-state index contributed by atoms with van der Waals surface area (Å²) in [5.41, 5.74) is 20.0. The van der Waals surface area contributed by atoms with E-state index in [1.807, 2.05) is 13.8 Å². The summed E-state index contributed by atoms with van der Waals surface area (Å²) in [5.74, 6) is -0.530. The van der Waals surface area contributed by atoms with Crippen LogP contribution in [0.5, 0.6) is 0 Å². The zero-order chi connectivity index (χ0) is 27.3. The number of ketones is 1. The SMILES string of the molecule is CC(N)=C1C(=O)CC(C)(C)CC1=Nc1ccc(C(N)=O)c(NCCCOCCOCCOCCCN)c1. The van der Waals surface area contributed by atoms with E-state index >= 15 is 0 Å². The molecule has 0 radical (unpaired) electrons. The maximum atomic E-state index is 12.7. The van der Waals surface area contributed by atoms with Gasteiger partial charge in [0.05, 0.1) is 49.0 Å². The van der Waals surface area contributed by atoms with Crippen LogP contribution in [0.25, 0.3) is 0 Å². The second kappa shape index (κ2) is 15.5. The number of hydrogen-bond acceptors (Lipinski definition) is 9. The first-order chi connectivity index (χ1) is 17.6. The molecule has 206 valence electrons. The number of rotatable bonds is 16. The molecule has 0 aliphatic heterocycles. The summed E-state index contributed by atoms with van der Waals surface area (Å²) in [7, 11) is 0. The van der Waals surface area contributed by atoms with Crippen molar-refractivity contribution in [1.82, 2.24) is 0 Å². The van der Waals surface area contributed by atoms with E-state index in [0.29, 0.717) is 99.5 Å².